The molecule has 0 spiro atoms. The van der Waals surface area contributed by atoms with E-state index in [0.29, 0.717) is 48.2 Å². The minimum Gasteiger partial charge on any atom is -0.496 e. The third-order valence-corrected chi connectivity index (χ3v) is 6.39. The summed E-state index contributed by atoms with van der Waals surface area (Å²) >= 11 is 6.06. The first-order chi connectivity index (χ1) is 13.5. The molecule has 0 aromatic heterocycles. The van der Waals surface area contributed by atoms with Crippen LogP contribution in [0.2, 0.25) is 5.02 Å². The van der Waals surface area contributed by atoms with E-state index in [-0.39, 0.29) is 17.7 Å². The average Bonchev–Trinajstić information content (AvgIpc) is 2.73. The number of amides is 2. The molecule has 5 nitrogen and oxygen atoms in total. The Labute approximate surface area is 173 Å². The van der Waals surface area contributed by atoms with Gasteiger partial charge in [-0.1, -0.05) is 30.9 Å². The summed E-state index contributed by atoms with van der Waals surface area (Å²) in [5.74, 6) is 1.34. The van der Waals surface area contributed by atoms with Crippen LogP contribution in [0.3, 0.4) is 0 Å². The molecule has 0 atom stereocenters. The lowest BCUT2D eigenvalue weighted by atomic mass is 9.88. The highest BCUT2D eigenvalue weighted by molar-refractivity contribution is 6.31. The number of methoxy groups -OCH3 is 1. The van der Waals surface area contributed by atoms with Crippen molar-refractivity contribution in [2.75, 3.05) is 33.8 Å². The van der Waals surface area contributed by atoms with Crippen LogP contribution in [0.5, 0.6) is 5.75 Å². The number of hydrogen-bond donors (Lipinski definition) is 0. The predicted molar refractivity (Wildman–Crippen MR) is 111 cm³/mol. The zero-order chi connectivity index (χ0) is 20.1. The first-order valence-electron chi connectivity index (χ1n) is 10.4. The highest BCUT2D eigenvalue weighted by Crippen LogP contribution is 2.28. The average molecular weight is 407 g/mol. The third-order valence-electron chi connectivity index (χ3n) is 6.16. The van der Waals surface area contributed by atoms with E-state index in [0.717, 1.165) is 6.54 Å². The van der Waals surface area contributed by atoms with Crippen LogP contribution < -0.4 is 4.74 Å². The molecule has 2 fully saturated rings. The lowest BCUT2D eigenvalue weighted by molar-refractivity contribution is -0.136. The maximum absolute atomic E-state index is 12.9. The van der Waals surface area contributed by atoms with Gasteiger partial charge in [0, 0.05) is 37.6 Å². The number of hydrogen-bond acceptors (Lipinski definition) is 3. The van der Waals surface area contributed by atoms with Crippen LogP contribution in [-0.4, -0.2) is 55.4 Å². The predicted octanol–water partition coefficient (Wildman–Crippen LogP) is 4.24. The van der Waals surface area contributed by atoms with Crippen molar-refractivity contribution in [3.63, 3.8) is 0 Å². The maximum atomic E-state index is 12.9. The zero-order valence-corrected chi connectivity index (χ0v) is 17.7. The van der Waals surface area contributed by atoms with Crippen molar-refractivity contribution in [1.29, 1.82) is 0 Å². The fourth-order valence-corrected chi connectivity index (χ4v) is 4.68. The second kappa shape index (κ2) is 9.64. The summed E-state index contributed by atoms with van der Waals surface area (Å²) in [6.07, 6.45) is 7.82. The van der Waals surface area contributed by atoms with E-state index in [1.165, 1.54) is 32.1 Å². The van der Waals surface area contributed by atoms with Gasteiger partial charge in [0.1, 0.15) is 5.75 Å². The monoisotopic (exact) mass is 406 g/mol. The Morgan fingerprint density at radius 3 is 2.46 bits per heavy atom. The molecule has 1 saturated carbocycles. The number of nitrogens with zero attached hydrogens (tertiary/aromatic N) is 2. The van der Waals surface area contributed by atoms with Crippen LogP contribution in [0, 0.1) is 11.8 Å². The minimum absolute atomic E-state index is 0.0129. The molecule has 154 valence electrons. The fraction of sp³-hybridized carbons (Fsp3) is 0.636. The molecule has 0 bridgehead atoms. The van der Waals surface area contributed by atoms with Gasteiger partial charge in [0.05, 0.1) is 12.7 Å². The molecule has 2 amide bonds. The highest BCUT2D eigenvalue weighted by Gasteiger charge is 2.31. The van der Waals surface area contributed by atoms with Crippen molar-refractivity contribution in [1.82, 2.24) is 9.80 Å². The molecule has 3 rings (SSSR count). The molecule has 28 heavy (non-hydrogen) atoms. The van der Waals surface area contributed by atoms with Gasteiger partial charge in [-0.15, -0.1) is 0 Å². The molecular formula is C22H31ClN2O3. The van der Waals surface area contributed by atoms with Gasteiger partial charge in [-0.2, -0.15) is 0 Å². The molecule has 1 aliphatic heterocycles. The van der Waals surface area contributed by atoms with E-state index in [9.17, 15) is 9.59 Å². The number of carbonyl (C=O) groups is 2. The van der Waals surface area contributed by atoms with Crippen molar-refractivity contribution >= 4 is 23.4 Å². The van der Waals surface area contributed by atoms with Crippen LogP contribution in [0.4, 0.5) is 0 Å². The van der Waals surface area contributed by atoms with E-state index in [1.807, 2.05) is 11.9 Å². The van der Waals surface area contributed by atoms with Gasteiger partial charge in [0.25, 0.3) is 5.91 Å². The fourth-order valence-electron chi connectivity index (χ4n) is 4.51. The van der Waals surface area contributed by atoms with Gasteiger partial charge < -0.3 is 14.5 Å². The van der Waals surface area contributed by atoms with E-state index >= 15 is 0 Å². The zero-order valence-electron chi connectivity index (χ0n) is 17.0. The van der Waals surface area contributed by atoms with Crippen LogP contribution in [0.15, 0.2) is 18.2 Å². The normalized spacial score (nSPS) is 18.8. The molecule has 0 radical (unpaired) electrons. The summed E-state index contributed by atoms with van der Waals surface area (Å²) < 4.78 is 5.31. The number of likely N-dealkylation sites (tertiary alicyclic amines) is 1. The molecule has 0 N–H and O–H groups in total. The lowest BCUT2D eigenvalue weighted by Gasteiger charge is -2.34. The Bertz CT molecular complexity index is 695. The van der Waals surface area contributed by atoms with Crippen molar-refractivity contribution < 1.29 is 14.3 Å². The van der Waals surface area contributed by atoms with E-state index in [2.05, 4.69) is 0 Å². The second-order valence-corrected chi connectivity index (χ2v) is 8.57. The van der Waals surface area contributed by atoms with Crippen LogP contribution >= 0.6 is 11.6 Å². The van der Waals surface area contributed by atoms with Crippen LogP contribution in [0.25, 0.3) is 0 Å². The molecule has 1 aliphatic carbocycles. The summed E-state index contributed by atoms with van der Waals surface area (Å²) in [6, 6.07) is 5.08. The standard InChI is InChI=1S/C22H31ClN2O3/c1-24(15-16-6-4-3-5-7-16)21(26)17-10-12-25(13-11-17)22(27)19-14-18(23)8-9-20(19)28-2/h8-9,14,16-17H,3-7,10-13,15H2,1-2H3. The number of piperidine rings is 1. The summed E-state index contributed by atoms with van der Waals surface area (Å²) in [4.78, 5) is 29.5. The molecule has 1 aromatic carbocycles. The highest BCUT2D eigenvalue weighted by atomic mass is 35.5. The minimum atomic E-state index is -0.0826. The molecule has 6 heteroatoms. The molecule has 1 heterocycles. The largest absolute Gasteiger partial charge is 0.496 e. The van der Waals surface area contributed by atoms with E-state index < -0.39 is 0 Å². The van der Waals surface area contributed by atoms with Gasteiger partial charge >= 0.3 is 0 Å². The van der Waals surface area contributed by atoms with Gasteiger partial charge in [-0.3, -0.25) is 9.59 Å². The first-order valence-corrected chi connectivity index (χ1v) is 10.7. The van der Waals surface area contributed by atoms with Crippen LogP contribution in [0.1, 0.15) is 55.3 Å². The smallest absolute Gasteiger partial charge is 0.257 e. The Morgan fingerprint density at radius 1 is 1.14 bits per heavy atom. The summed E-state index contributed by atoms with van der Waals surface area (Å²) in [6.45, 7) is 2.04. The molecule has 1 saturated heterocycles. The summed E-state index contributed by atoms with van der Waals surface area (Å²) in [5.41, 5.74) is 0.481. The molecular weight excluding hydrogens is 376 g/mol. The van der Waals surface area contributed by atoms with E-state index in [4.69, 9.17) is 16.3 Å². The Morgan fingerprint density at radius 2 is 1.82 bits per heavy atom. The number of benzene rings is 1. The number of halogens is 1. The molecule has 0 unspecified atom stereocenters. The van der Waals surface area contributed by atoms with Gasteiger partial charge in [0.15, 0.2) is 0 Å². The number of ether oxygens (including phenoxy) is 1. The van der Waals surface area contributed by atoms with E-state index in [1.54, 1.807) is 30.2 Å². The summed E-state index contributed by atoms with van der Waals surface area (Å²) in [5, 5.41) is 0.513. The second-order valence-electron chi connectivity index (χ2n) is 8.13. The molecule has 2 aliphatic rings. The van der Waals surface area contributed by atoms with Crippen molar-refractivity contribution in [2.45, 2.75) is 44.9 Å². The Balaban J connectivity index is 1.54. The SMILES string of the molecule is COc1ccc(Cl)cc1C(=O)N1CCC(C(=O)N(C)CC2CCCCC2)CC1. The quantitative estimate of drug-likeness (QED) is 0.734. The topological polar surface area (TPSA) is 49.9 Å². The lowest BCUT2D eigenvalue weighted by Crippen LogP contribution is -2.44. The molecule has 1 aromatic rings. The summed E-state index contributed by atoms with van der Waals surface area (Å²) in [7, 11) is 3.48. The number of carbonyl (C=O) groups excluding carboxylic acids is 2. The van der Waals surface area contributed by atoms with Gasteiger partial charge in [-0.25, -0.2) is 0 Å². The first kappa shape index (κ1) is 21.0. The van der Waals surface area contributed by atoms with Crippen LogP contribution in [-0.2, 0) is 4.79 Å². The van der Waals surface area contributed by atoms with Gasteiger partial charge in [-0.05, 0) is 49.8 Å². The maximum Gasteiger partial charge on any atom is 0.257 e. The van der Waals surface area contributed by atoms with Gasteiger partial charge in [0.2, 0.25) is 5.91 Å². The Hall–Kier alpha value is -1.75. The van der Waals surface area contributed by atoms with Crippen molar-refractivity contribution in [2.24, 2.45) is 11.8 Å². The third kappa shape index (κ3) is 4.99. The Kier molecular flexibility index (Phi) is 7.22. The van der Waals surface area contributed by atoms with Crippen molar-refractivity contribution in [3.8, 4) is 5.75 Å². The van der Waals surface area contributed by atoms with Crippen molar-refractivity contribution in [3.05, 3.63) is 28.8 Å². The number of rotatable bonds is 5.